The molecule has 3 N–H and O–H groups in total. The SMILES string of the molecule is CC(=O)NCCNCCCc1cc(-c2ccc(C)c(C)c2)nc(C#N)n1.O=C(O)C(F)(F)F. The van der Waals surface area contributed by atoms with E-state index in [1.807, 2.05) is 12.1 Å². The van der Waals surface area contributed by atoms with Crippen molar-refractivity contribution in [2.45, 2.75) is 39.8 Å². The summed E-state index contributed by atoms with van der Waals surface area (Å²) in [7, 11) is 0. The average Bonchev–Trinajstić information content (AvgIpc) is 2.74. The largest absolute Gasteiger partial charge is 0.490 e. The summed E-state index contributed by atoms with van der Waals surface area (Å²) in [5.74, 6) is -2.57. The number of carbonyl (C=O) groups is 2. The van der Waals surface area contributed by atoms with Crippen molar-refractivity contribution in [2.24, 2.45) is 0 Å². The third-order valence-electron chi connectivity index (χ3n) is 4.39. The molecule has 0 fully saturated rings. The fourth-order valence-electron chi connectivity index (χ4n) is 2.57. The molecule has 2 aromatic rings. The Hall–Kier alpha value is -3.52. The Morgan fingerprint density at radius 2 is 1.76 bits per heavy atom. The Morgan fingerprint density at radius 1 is 1.09 bits per heavy atom. The van der Waals surface area contributed by atoms with Gasteiger partial charge in [-0.2, -0.15) is 18.4 Å². The van der Waals surface area contributed by atoms with Crippen molar-refractivity contribution in [3.8, 4) is 17.3 Å². The predicted octanol–water partition coefficient (Wildman–Crippen LogP) is 2.92. The van der Waals surface area contributed by atoms with Crippen molar-refractivity contribution in [2.75, 3.05) is 19.6 Å². The predicted molar refractivity (Wildman–Crippen MR) is 115 cm³/mol. The highest BCUT2D eigenvalue weighted by molar-refractivity contribution is 5.73. The number of aryl methyl sites for hydroxylation is 3. The summed E-state index contributed by atoms with van der Waals surface area (Å²) in [4.78, 5) is 28.4. The first-order valence-corrected chi connectivity index (χ1v) is 10.0. The lowest BCUT2D eigenvalue weighted by Gasteiger charge is -2.08. The molecular weight excluding hydrogens is 439 g/mol. The summed E-state index contributed by atoms with van der Waals surface area (Å²) in [5.41, 5.74) is 5.09. The molecule has 1 aromatic heterocycles. The van der Waals surface area contributed by atoms with E-state index in [0.29, 0.717) is 6.54 Å². The fraction of sp³-hybridized carbons (Fsp3) is 0.409. The summed E-state index contributed by atoms with van der Waals surface area (Å²) in [5, 5.41) is 22.4. The van der Waals surface area contributed by atoms with Gasteiger partial charge in [0.1, 0.15) is 6.07 Å². The van der Waals surface area contributed by atoms with Gasteiger partial charge < -0.3 is 15.7 Å². The number of benzene rings is 1. The molecule has 0 bridgehead atoms. The molecule has 0 aliphatic carbocycles. The van der Waals surface area contributed by atoms with Crippen LogP contribution in [0.1, 0.15) is 36.0 Å². The van der Waals surface area contributed by atoms with E-state index in [1.165, 1.54) is 18.1 Å². The van der Waals surface area contributed by atoms with Crippen molar-refractivity contribution >= 4 is 11.9 Å². The molecule has 0 atom stereocenters. The maximum absolute atomic E-state index is 10.8. The lowest BCUT2D eigenvalue weighted by atomic mass is 10.0. The number of alkyl halides is 3. The number of nitrogens with one attached hydrogen (secondary N) is 2. The van der Waals surface area contributed by atoms with E-state index in [2.05, 4.69) is 52.7 Å². The first-order valence-electron chi connectivity index (χ1n) is 10.0. The molecule has 2 rings (SSSR count). The van der Waals surface area contributed by atoms with Crippen LogP contribution in [0.4, 0.5) is 13.2 Å². The Balaban J connectivity index is 0.000000675. The lowest BCUT2D eigenvalue weighted by Crippen LogP contribution is -2.30. The number of halogens is 3. The molecule has 1 amide bonds. The number of carboxylic acids is 1. The van der Waals surface area contributed by atoms with Crippen LogP contribution in [0.2, 0.25) is 0 Å². The van der Waals surface area contributed by atoms with Crippen LogP contribution in [-0.2, 0) is 16.0 Å². The van der Waals surface area contributed by atoms with Crippen LogP contribution < -0.4 is 10.6 Å². The minimum Gasteiger partial charge on any atom is -0.475 e. The standard InChI is InChI=1S/C20H25N5O.C2HF3O2/c1-14-6-7-17(11-15(14)2)19-12-18(24-20(13-21)25-19)5-4-8-22-9-10-23-16(3)26;3-2(4,5)1(6)7/h6-7,11-12,22H,4-5,8-10H2,1-3H3,(H,23,26);(H,6,7). The first kappa shape index (κ1) is 27.5. The molecule has 0 radical (unpaired) electrons. The zero-order valence-corrected chi connectivity index (χ0v) is 18.6. The number of hydrogen-bond donors (Lipinski definition) is 3. The van der Waals surface area contributed by atoms with E-state index < -0.39 is 12.1 Å². The molecule has 33 heavy (non-hydrogen) atoms. The molecular formula is C22H26F3N5O3. The Kier molecular flexibility index (Phi) is 10.9. The van der Waals surface area contributed by atoms with Crippen molar-refractivity contribution in [1.82, 2.24) is 20.6 Å². The molecule has 0 saturated carbocycles. The van der Waals surface area contributed by atoms with E-state index in [-0.39, 0.29) is 11.7 Å². The number of rotatable bonds is 8. The molecule has 0 aliphatic heterocycles. The third kappa shape index (κ3) is 10.6. The van der Waals surface area contributed by atoms with Gasteiger partial charge in [0.05, 0.1) is 5.69 Å². The minimum absolute atomic E-state index is 0.0179. The van der Waals surface area contributed by atoms with Gasteiger partial charge in [-0.15, -0.1) is 0 Å². The van der Waals surface area contributed by atoms with Crippen molar-refractivity contribution < 1.29 is 27.9 Å². The maximum Gasteiger partial charge on any atom is 0.490 e. The monoisotopic (exact) mass is 465 g/mol. The van der Waals surface area contributed by atoms with Crippen molar-refractivity contribution in [1.29, 1.82) is 5.26 Å². The normalized spacial score (nSPS) is 10.6. The molecule has 1 aromatic carbocycles. The summed E-state index contributed by atoms with van der Waals surface area (Å²) in [6.45, 7) is 7.83. The van der Waals surface area contributed by atoms with Crippen molar-refractivity contribution in [3.63, 3.8) is 0 Å². The number of nitriles is 1. The second-order valence-corrected chi connectivity index (χ2v) is 7.12. The van der Waals surface area contributed by atoms with Gasteiger partial charge in [0.15, 0.2) is 0 Å². The Morgan fingerprint density at radius 3 is 2.30 bits per heavy atom. The molecule has 8 nitrogen and oxygen atoms in total. The van der Waals surface area contributed by atoms with Crippen LogP contribution in [0, 0.1) is 25.2 Å². The molecule has 1 heterocycles. The van der Waals surface area contributed by atoms with Crippen LogP contribution in [-0.4, -0.2) is 52.8 Å². The van der Waals surface area contributed by atoms with Gasteiger partial charge in [0.25, 0.3) is 0 Å². The topological polar surface area (TPSA) is 128 Å². The average molecular weight is 465 g/mol. The maximum atomic E-state index is 10.8. The highest BCUT2D eigenvalue weighted by Gasteiger charge is 2.38. The molecule has 0 unspecified atom stereocenters. The van der Waals surface area contributed by atoms with Gasteiger partial charge in [-0.3, -0.25) is 4.79 Å². The summed E-state index contributed by atoms with van der Waals surface area (Å²) >= 11 is 0. The zero-order valence-electron chi connectivity index (χ0n) is 18.6. The van der Waals surface area contributed by atoms with E-state index in [0.717, 1.165) is 42.9 Å². The first-order chi connectivity index (χ1) is 15.4. The summed E-state index contributed by atoms with van der Waals surface area (Å²) in [6.07, 6.45) is -3.42. The fourth-order valence-corrected chi connectivity index (χ4v) is 2.57. The smallest absolute Gasteiger partial charge is 0.475 e. The van der Waals surface area contributed by atoms with E-state index in [4.69, 9.17) is 9.90 Å². The molecule has 11 heteroatoms. The molecule has 0 spiro atoms. The number of aromatic nitrogens is 2. The molecule has 0 saturated heterocycles. The van der Waals surface area contributed by atoms with Crippen molar-refractivity contribution in [3.05, 3.63) is 46.9 Å². The highest BCUT2D eigenvalue weighted by Crippen LogP contribution is 2.21. The van der Waals surface area contributed by atoms with Gasteiger partial charge in [-0.25, -0.2) is 14.8 Å². The van der Waals surface area contributed by atoms with Crippen LogP contribution in [0.5, 0.6) is 0 Å². The Bertz CT molecular complexity index is 1000. The van der Waals surface area contributed by atoms with Gasteiger partial charge in [0, 0.05) is 31.3 Å². The van der Waals surface area contributed by atoms with Gasteiger partial charge >= 0.3 is 12.1 Å². The Labute approximate surface area is 189 Å². The lowest BCUT2D eigenvalue weighted by molar-refractivity contribution is -0.192. The quantitative estimate of drug-likeness (QED) is 0.512. The van der Waals surface area contributed by atoms with Crippen LogP contribution in [0.15, 0.2) is 24.3 Å². The van der Waals surface area contributed by atoms with Crippen LogP contribution in [0.25, 0.3) is 11.3 Å². The van der Waals surface area contributed by atoms with Gasteiger partial charge in [-0.1, -0.05) is 12.1 Å². The number of carbonyl (C=O) groups excluding carboxylic acids is 1. The van der Waals surface area contributed by atoms with Crippen LogP contribution >= 0.6 is 0 Å². The highest BCUT2D eigenvalue weighted by atomic mass is 19.4. The number of nitrogens with zero attached hydrogens (tertiary/aromatic N) is 3. The van der Waals surface area contributed by atoms with E-state index in [9.17, 15) is 23.2 Å². The summed E-state index contributed by atoms with van der Waals surface area (Å²) in [6, 6.07) is 10.2. The number of hydrogen-bond acceptors (Lipinski definition) is 6. The molecule has 178 valence electrons. The minimum atomic E-state index is -5.08. The number of carboxylic acid groups (broad SMARTS) is 1. The zero-order chi connectivity index (χ0) is 25.0. The van der Waals surface area contributed by atoms with Gasteiger partial charge in [-0.05, 0) is 56.5 Å². The molecule has 0 aliphatic rings. The van der Waals surface area contributed by atoms with Crippen LogP contribution in [0.3, 0.4) is 0 Å². The van der Waals surface area contributed by atoms with Gasteiger partial charge in [0.2, 0.25) is 11.7 Å². The second-order valence-electron chi connectivity index (χ2n) is 7.12. The van der Waals surface area contributed by atoms with E-state index >= 15 is 0 Å². The third-order valence-corrected chi connectivity index (χ3v) is 4.39. The second kappa shape index (κ2) is 13.1. The number of amides is 1. The summed E-state index contributed by atoms with van der Waals surface area (Å²) < 4.78 is 31.7. The number of aliphatic carboxylic acids is 1. The van der Waals surface area contributed by atoms with E-state index in [1.54, 1.807) is 0 Å².